The smallest absolute Gasteiger partial charge is 0.170 e. The second kappa shape index (κ2) is 8.16. The van der Waals surface area contributed by atoms with E-state index in [1.54, 1.807) is 13.3 Å². The molecule has 2 N–H and O–H groups in total. The number of ether oxygens (including phenoxy) is 1. The van der Waals surface area contributed by atoms with Crippen LogP contribution in [-0.2, 0) is 11.3 Å². The average molecular weight is 375 g/mol. The second-order valence-electron chi connectivity index (χ2n) is 6.51. The summed E-state index contributed by atoms with van der Waals surface area (Å²) in [5, 5.41) is 13.6. The topological polar surface area (TPSA) is 62.5 Å². The number of pyridine rings is 1. The van der Waals surface area contributed by atoms with Gasteiger partial charge in [-0.15, -0.1) is 0 Å². The summed E-state index contributed by atoms with van der Waals surface area (Å²) in [6.07, 6.45) is 1.80. The van der Waals surface area contributed by atoms with E-state index in [0.29, 0.717) is 18.3 Å². The minimum Gasteiger partial charge on any atom is -0.395 e. The number of nitrogens with zero attached hydrogens (tertiary/aromatic N) is 3. The molecule has 0 unspecified atom stereocenters. The molecule has 0 bridgehead atoms. The van der Waals surface area contributed by atoms with Crippen molar-refractivity contribution >= 4 is 17.3 Å². The van der Waals surface area contributed by atoms with Gasteiger partial charge in [-0.1, -0.05) is 6.07 Å². The Morgan fingerprint density at radius 3 is 2.77 bits per heavy atom. The van der Waals surface area contributed by atoms with Crippen LogP contribution < -0.4 is 5.32 Å². The quantitative estimate of drug-likeness (QED) is 0.724. The normalized spacial score (nSPS) is 19.8. The summed E-state index contributed by atoms with van der Waals surface area (Å²) in [6, 6.07) is 8.07. The van der Waals surface area contributed by atoms with E-state index in [0.717, 1.165) is 12.2 Å². The number of aryl methyl sites for hydroxylation is 1. The van der Waals surface area contributed by atoms with E-state index in [1.165, 1.54) is 17.0 Å². The molecule has 0 amide bonds. The second-order valence-corrected chi connectivity index (χ2v) is 6.90. The van der Waals surface area contributed by atoms with Crippen molar-refractivity contribution in [2.24, 2.45) is 0 Å². The van der Waals surface area contributed by atoms with Gasteiger partial charge in [0.05, 0.1) is 31.0 Å². The van der Waals surface area contributed by atoms with E-state index in [2.05, 4.69) is 39.7 Å². The molecule has 0 radical (unpaired) electrons. The molecule has 0 aliphatic carbocycles. The van der Waals surface area contributed by atoms with Gasteiger partial charge >= 0.3 is 0 Å². The van der Waals surface area contributed by atoms with Gasteiger partial charge in [-0.2, -0.15) is 0 Å². The molecule has 0 saturated carbocycles. The van der Waals surface area contributed by atoms with E-state index in [9.17, 15) is 5.11 Å². The molecule has 2 atom stereocenters. The third kappa shape index (κ3) is 3.47. The lowest BCUT2D eigenvalue weighted by atomic mass is 9.97. The van der Waals surface area contributed by atoms with Crippen molar-refractivity contribution in [1.82, 2.24) is 19.8 Å². The number of β-amino-alcohol motifs (C(OH)–C–C–N with tert-alkyl or cyclic N) is 1. The molecule has 0 spiro atoms. The van der Waals surface area contributed by atoms with Crippen LogP contribution in [0.3, 0.4) is 0 Å². The molecule has 1 aliphatic rings. The van der Waals surface area contributed by atoms with Crippen molar-refractivity contribution in [2.75, 3.05) is 26.9 Å². The minimum atomic E-state index is -0.0494. The van der Waals surface area contributed by atoms with E-state index in [4.69, 9.17) is 17.0 Å². The number of aliphatic hydroxyl groups excluding tert-OH is 1. The molecule has 3 rings (SSSR count). The lowest BCUT2D eigenvalue weighted by Gasteiger charge is -2.27. The molecule has 2 aromatic heterocycles. The Labute approximate surface area is 159 Å². The number of rotatable bonds is 7. The molecule has 26 heavy (non-hydrogen) atoms. The van der Waals surface area contributed by atoms with Crippen molar-refractivity contribution in [2.45, 2.75) is 32.5 Å². The molecular formula is C19H26N4O2S. The number of nitrogens with one attached hydrogen (secondary N) is 1. The first kappa shape index (κ1) is 18.8. The first-order valence-electron chi connectivity index (χ1n) is 8.83. The van der Waals surface area contributed by atoms with E-state index in [1.807, 2.05) is 18.2 Å². The van der Waals surface area contributed by atoms with Gasteiger partial charge < -0.3 is 24.6 Å². The maximum absolute atomic E-state index is 9.54. The molecule has 140 valence electrons. The van der Waals surface area contributed by atoms with Crippen LogP contribution in [0.2, 0.25) is 0 Å². The summed E-state index contributed by atoms with van der Waals surface area (Å²) in [6.45, 7) is 6.26. The van der Waals surface area contributed by atoms with Crippen LogP contribution in [0.4, 0.5) is 0 Å². The van der Waals surface area contributed by atoms with Gasteiger partial charge in [-0.05, 0) is 49.8 Å². The van der Waals surface area contributed by atoms with Crippen LogP contribution >= 0.6 is 12.2 Å². The Morgan fingerprint density at radius 1 is 1.31 bits per heavy atom. The number of aliphatic hydroxyl groups is 1. The summed E-state index contributed by atoms with van der Waals surface area (Å²) in [5.74, 6) is 0. The zero-order valence-corrected chi connectivity index (χ0v) is 16.3. The summed E-state index contributed by atoms with van der Waals surface area (Å²) < 4.78 is 7.52. The van der Waals surface area contributed by atoms with Gasteiger partial charge in [0.1, 0.15) is 0 Å². The molecule has 2 aromatic rings. The first-order chi connectivity index (χ1) is 12.6. The average Bonchev–Trinajstić information content (AvgIpc) is 3.11. The molecule has 1 saturated heterocycles. The molecular weight excluding hydrogens is 348 g/mol. The monoisotopic (exact) mass is 374 g/mol. The summed E-state index contributed by atoms with van der Waals surface area (Å²) in [5.41, 5.74) is 4.54. The highest BCUT2D eigenvalue weighted by atomic mass is 32.1. The lowest BCUT2D eigenvalue weighted by Crippen LogP contribution is -2.32. The molecule has 3 heterocycles. The van der Waals surface area contributed by atoms with Gasteiger partial charge in [0.25, 0.3) is 0 Å². The zero-order valence-electron chi connectivity index (χ0n) is 15.5. The van der Waals surface area contributed by atoms with Crippen molar-refractivity contribution in [3.05, 3.63) is 53.1 Å². The van der Waals surface area contributed by atoms with Crippen LogP contribution in [0, 0.1) is 13.8 Å². The van der Waals surface area contributed by atoms with E-state index < -0.39 is 0 Å². The van der Waals surface area contributed by atoms with Gasteiger partial charge in [0.2, 0.25) is 0 Å². The van der Waals surface area contributed by atoms with Gasteiger partial charge in [0.15, 0.2) is 5.11 Å². The van der Waals surface area contributed by atoms with Gasteiger partial charge in [-0.3, -0.25) is 4.98 Å². The highest BCUT2D eigenvalue weighted by Crippen LogP contribution is 2.40. The highest BCUT2D eigenvalue weighted by molar-refractivity contribution is 7.80. The Balaban J connectivity index is 2.03. The van der Waals surface area contributed by atoms with Crippen molar-refractivity contribution in [3.63, 3.8) is 0 Å². The highest BCUT2D eigenvalue weighted by Gasteiger charge is 2.40. The van der Waals surface area contributed by atoms with E-state index in [-0.39, 0.29) is 18.7 Å². The van der Waals surface area contributed by atoms with Crippen LogP contribution in [0.5, 0.6) is 0 Å². The number of hydrogen-bond acceptors (Lipinski definition) is 4. The SMILES string of the molecule is COCCn1c(C)cc([C@@H]2[C@@H](c3ccccn3)NC(=S)N2CCO)c1C. The first-order valence-corrected chi connectivity index (χ1v) is 9.23. The fourth-order valence-electron chi connectivity index (χ4n) is 3.75. The number of aromatic nitrogens is 2. The molecule has 1 fully saturated rings. The van der Waals surface area contributed by atoms with Crippen molar-refractivity contribution in [1.29, 1.82) is 0 Å². The standard InChI is InChI=1S/C19H26N4O2S/c1-13-12-15(14(2)22(13)9-11-25-3)18-17(16-6-4-5-7-20-16)21-19(26)23(18)8-10-24/h4-7,12,17-18,24H,8-11H2,1-3H3,(H,21,26)/t17-,18-/m1/s1. The van der Waals surface area contributed by atoms with E-state index >= 15 is 0 Å². The Morgan fingerprint density at radius 2 is 2.12 bits per heavy atom. The predicted molar refractivity (Wildman–Crippen MR) is 105 cm³/mol. The molecule has 7 heteroatoms. The Kier molecular flexibility index (Phi) is 5.90. The Hall–Kier alpha value is -1.96. The lowest BCUT2D eigenvalue weighted by molar-refractivity contribution is 0.186. The summed E-state index contributed by atoms with van der Waals surface area (Å²) in [7, 11) is 1.72. The minimum absolute atomic E-state index is 0.00737. The summed E-state index contributed by atoms with van der Waals surface area (Å²) >= 11 is 5.56. The number of hydrogen-bond donors (Lipinski definition) is 2. The summed E-state index contributed by atoms with van der Waals surface area (Å²) in [4.78, 5) is 6.60. The maximum atomic E-state index is 9.54. The van der Waals surface area contributed by atoms with Gasteiger partial charge in [0, 0.05) is 37.8 Å². The molecule has 0 aromatic carbocycles. The van der Waals surface area contributed by atoms with Crippen molar-refractivity contribution < 1.29 is 9.84 Å². The largest absolute Gasteiger partial charge is 0.395 e. The predicted octanol–water partition coefficient (Wildman–Crippen LogP) is 2.11. The third-order valence-electron chi connectivity index (χ3n) is 4.99. The molecule has 1 aliphatic heterocycles. The van der Waals surface area contributed by atoms with Crippen molar-refractivity contribution in [3.8, 4) is 0 Å². The fourth-order valence-corrected chi connectivity index (χ4v) is 4.08. The van der Waals surface area contributed by atoms with Crippen LogP contribution in [0.15, 0.2) is 30.5 Å². The third-order valence-corrected chi connectivity index (χ3v) is 5.34. The number of thiocarbonyl (C=S) groups is 1. The van der Waals surface area contributed by atoms with Gasteiger partial charge in [-0.25, -0.2) is 0 Å². The number of methoxy groups -OCH3 is 1. The maximum Gasteiger partial charge on any atom is 0.170 e. The fraction of sp³-hybridized carbons (Fsp3) is 0.474. The Bertz CT molecular complexity index is 762. The van der Waals surface area contributed by atoms with Crippen LogP contribution in [0.1, 0.15) is 34.7 Å². The zero-order chi connectivity index (χ0) is 18.7. The molecule has 6 nitrogen and oxygen atoms in total. The van der Waals surface area contributed by atoms with Crippen LogP contribution in [0.25, 0.3) is 0 Å². The van der Waals surface area contributed by atoms with Crippen LogP contribution in [-0.4, -0.2) is 51.5 Å².